The average Bonchev–Trinajstić information content (AvgIpc) is 3.42. The highest BCUT2D eigenvalue weighted by molar-refractivity contribution is 5.98. The molecular weight excluding hydrogens is 382 g/mol. The number of rotatable bonds is 3. The summed E-state index contributed by atoms with van der Waals surface area (Å²) in [7, 11) is 1.80. The van der Waals surface area contributed by atoms with Crippen LogP contribution in [0, 0.1) is 0 Å². The third-order valence-corrected chi connectivity index (χ3v) is 6.19. The maximum Gasteiger partial charge on any atom is 0.274 e. The first kappa shape index (κ1) is 18.9. The van der Waals surface area contributed by atoms with E-state index in [0.717, 1.165) is 41.6 Å². The number of nitrogens with one attached hydrogen (secondary N) is 2. The van der Waals surface area contributed by atoms with Crippen LogP contribution in [0.1, 0.15) is 45.1 Å². The van der Waals surface area contributed by atoms with Crippen molar-refractivity contribution in [3.05, 3.63) is 53.0 Å². The minimum absolute atomic E-state index is 0.0614. The molecule has 0 spiro atoms. The number of hydrogen-bond acceptors (Lipinski definition) is 4. The first-order valence-corrected chi connectivity index (χ1v) is 10.4. The molecule has 2 aliphatic heterocycles. The number of fused-ring (bicyclic) bond motifs is 2. The molecule has 2 N–H and O–H groups in total. The molecule has 2 aliphatic rings. The van der Waals surface area contributed by atoms with Crippen molar-refractivity contribution in [3.8, 4) is 0 Å². The summed E-state index contributed by atoms with van der Waals surface area (Å²) in [5.74, 6) is -0.187. The van der Waals surface area contributed by atoms with Gasteiger partial charge in [0.15, 0.2) is 5.69 Å². The minimum atomic E-state index is -0.122. The summed E-state index contributed by atoms with van der Waals surface area (Å²) in [6.07, 6.45) is 2.53. The van der Waals surface area contributed by atoms with Gasteiger partial charge in [-0.05, 0) is 25.0 Å². The number of nitrogens with zero attached hydrogens (tertiary/aromatic N) is 3. The molecule has 8 nitrogen and oxygen atoms in total. The Labute approximate surface area is 174 Å². The van der Waals surface area contributed by atoms with E-state index in [4.69, 9.17) is 4.74 Å². The Kier molecular flexibility index (Phi) is 4.78. The lowest BCUT2D eigenvalue weighted by atomic mass is 10.0. The van der Waals surface area contributed by atoms with Gasteiger partial charge in [-0.1, -0.05) is 18.2 Å². The summed E-state index contributed by atoms with van der Waals surface area (Å²) >= 11 is 0. The lowest BCUT2D eigenvalue weighted by Gasteiger charge is -2.31. The standard InChI is InChI=1S/C22H25N5O3/c1-26(15-6-4-10-30-13-15)22(29)20-16-12-27(9-8-18(16)24-25-20)21(28)19-11-14-5-2-3-7-17(14)23-19/h2-3,5,7,11,15,23H,4,6,8-10,12-13H2,1H3,(H,24,25). The van der Waals surface area contributed by atoms with Gasteiger partial charge < -0.3 is 19.5 Å². The largest absolute Gasteiger partial charge is 0.379 e. The third-order valence-electron chi connectivity index (χ3n) is 6.19. The molecule has 1 aromatic carbocycles. The fourth-order valence-electron chi connectivity index (χ4n) is 4.37. The van der Waals surface area contributed by atoms with Gasteiger partial charge in [0.25, 0.3) is 11.8 Å². The van der Waals surface area contributed by atoms with Gasteiger partial charge in [0.05, 0.1) is 19.2 Å². The summed E-state index contributed by atoms with van der Waals surface area (Å²) in [6, 6.07) is 9.77. The van der Waals surface area contributed by atoms with Crippen molar-refractivity contribution in [2.75, 3.05) is 26.8 Å². The quantitative estimate of drug-likeness (QED) is 0.697. The van der Waals surface area contributed by atoms with Gasteiger partial charge in [0.2, 0.25) is 0 Å². The van der Waals surface area contributed by atoms with Crippen LogP contribution >= 0.6 is 0 Å². The fourth-order valence-corrected chi connectivity index (χ4v) is 4.37. The minimum Gasteiger partial charge on any atom is -0.379 e. The first-order valence-electron chi connectivity index (χ1n) is 10.4. The summed E-state index contributed by atoms with van der Waals surface area (Å²) in [5, 5.41) is 8.33. The Morgan fingerprint density at radius 2 is 2.17 bits per heavy atom. The second-order valence-electron chi connectivity index (χ2n) is 8.06. The van der Waals surface area contributed by atoms with Gasteiger partial charge in [0.1, 0.15) is 5.69 Å². The number of aromatic amines is 2. The van der Waals surface area contributed by atoms with E-state index >= 15 is 0 Å². The van der Waals surface area contributed by atoms with E-state index in [1.54, 1.807) is 16.8 Å². The molecule has 5 rings (SSSR count). The molecule has 0 saturated carbocycles. The zero-order valence-corrected chi connectivity index (χ0v) is 17.0. The molecule has 0 radical (unpaired) electrons. The Hall–Kier alpha value is -3.13. The summed E-state index contributed by atoms with van der Waals surface area (Å²) in [6.45, 7) is 2.26. The molecule has 0 aliphatic carbocycles. The van der Waals surface area contributed by atoms with Crippen LogP contribution in [0.15, 0.2) is 30.3 Å². The van der Waals surface area contributed by atoms with Crippen LogP contribution < -0.4 is 0 Å². The molecule has 0 bridgehead atoms. The van der Waals surface area contributed by atoms with Crippen molar-refractivity contribution in [2.45, 2.75) is 31.8 Å². The zero-order valence-electron chi connectivity index (χ0n) is 17.0. The molecular formula is C22H25N5O3. The van der Waals surface area contributed by atoms with E-state index in [9.17, 15) is 9.59 Å². The van der Waals surface area contributed by atoms with E-state index in [0.29, 0.717) is 37.5 Å². The highest BCUT2D eigenvalue weighted by atomic mass is 16.5. The van der Waals surface area contributed by atoms with E-state index in [1.807, 2.05) is 30.3 Å². The Balaban J connectivity index is 1.36. The monoisotopic (exact) mass is 407 g/mol. The average molecular weight is 407 g/mol. The number of carbonyl (C=O) groups is 2. The number of H-pyrrole nitrogens is 2. The molecule has 1 atom stereocenters. The van der Waals surface area contributed by atoms with Gasteiger partial charge in [-0.2, -0.15) is 5.10 Å². The van der Waals surface area contributed by atoms with Gasteiger partial charge in [-0.15, -0.1) is 0 Å². The molecule has 1 fully saturated rings. The highest BCUT2D eigenvalue weighted by Gasteiger charge is 2.32. The third kappa shape index (κ3) is 3.27. The van der Waals surface area contributed by atoms with Crippen LogP contribution in [0.25, 0.3) is 10.9 Å². The number of hydrogen-bond donors (Lipinski definition) is 2. The highest BCUT2D eigenvalue weighted by Crippen LogP contribution is 2.25. The maximum atomic E-state index is 13.1. The molecule has 4 heterocycles. The smallest absolute Gasteiger partial charge is 0.274 e. The second kappa shape index (κ2) is 7.60. The van der Waals surface area contributed by atoms with E-state index in [2.05, 4.69) is 15.2 Å². The van der Waals surface area contributed by atoms with Gasteiger partial charge >= 0.3 is 0 Å². The van der Waals surface area contributed by atoms with Gasteiger partial charge in [0, 0.05) is 48.8 Å². The van der Waals surface area contributed by atoms with E-state index in [-0.39, 0.29) is 17.9 Å². The molecule has 156 valence electrons. The van der Waals surface area contributed by atoms with Crippen LogP contribution in [0.3, 0.4) is 0 Å². The van der Waals surface area contributed by atoms with Crippen molar-refractivity contribution in [3.63, 3.8) is 0 Å². The Morgan fingerprint density at radius 1 is 1.30 bits per heavy atom. The van der Waals surface area contributed by atoms with Crippen molar-refractivity contribution in [1.29, 1.82) is 0 Å². The van der Waals surface area contributed by atoms with Gasteiger partial charge in [-0.25, -0.2) is 0 Å². The first-order chi connectivity index (χ1) is 14.6. The maximum absolute atomic E-state index is 13.1. The predicted molar refractivity (Wildman–Crippen MR) is 111 cm³/mol. The molecule has 2 amide bonds. The second-order valence-corrected chi connectivity index (χ2v) is 8.06. The summed E-state index contributed by atoms with van der Waals surface area (Å²) in [5.41, 5.74) is 3.67. The van der Waals surface area contributed by atoms with E-state index in [1.165, 1.54) is 0 Å². The van der Waals surface area contributed by atoms with Crippen LogP contribution in [-0.2, 0) is 17.7 Å². The molecule has 1 unspecified atom stereocenters. The van der Waals surface area contributed by atoms with Crippen LogP contribution in [0.5, 0.6) is 0 Å². The normalized spacial score (nSPS) is 19.0. The summed E-state index contributed by atoms with van der Waals surface area (Å²) < 4.78 is 5.53. The van der Waals surface area contributed by atoms with E-state index < -0.39 is 0 Å². The van der Waals surface area contributed by atoms with Gasteiger partial charge in [-0.3, -0.25) is 14.7 Å². The van der Waals surface area contributed by atoms with Crippen LogP contribution in [0.4, 0.5) is 0 Å². The number of benzene rings is 1. The molecule has 1 saturated heterocycles. The zero-order chi connectivity index (χ0) is 20.7. The van der Waals surface area contributed by atoms with Crippen molar-refractivity contribution in [2.24, 2.45) is 0 Å². The topological polar surface area (TPSA) is 94.3 Å². The summed E-state index contributed by atoms with van der Waals surface area (Å²) in [4.78, 5) is 33.0. The van der Waals surface area contributed by atoms with Crippen molar-refractivity contribution >= 4 is 22.7 Å². The molecule has 8 heteroatoms. The van der Waals surface area contributed by atoms with Crippen LogP contribution in [-0.4, -0.2) is 69.6 Å². The van der Waals surface area contributed by atoms with Crippen molar-refractivity contribution in [1.82, 2.24) is 25.0 Å². The molecule has 2 aromatic heterocycles. The lowest BCUT2D eigenvalue weighted by Crippen LogP contribution is -2.43. The number of likely N-dealkylation sites (N-methyl/N-ethyl adjacent to an activating group) is 1. The van der Waals surface area contributed by atoms with Crippen molar-refractivity contribution < 1.29 is 14.3 Å². The SMILES string of the molecule is CN(C(=O)c1n[nH]c2c1CN(C(=O)c1cc3ccccc3[nH]1)CC2)C1CCCOC1. The molecule has 30 heavy (non-hydrogen) atoms. The number of aromatic nitrogens is 3. The Bertz CT molecular complexity index is 1060. The van der Waals surface area contributed by atoms with Crippen LogP contribution in [0.2, 0.25) is 0 Å². The molecule has 3 aromatic rings. The number of para-hydroxylation sites is 1. The number of ether oxygens (including phenoxy) is 1. The number of carbonyl (C=O) groups excluding carboxylic acids is 2. The lowest BCUT2D eigenvalue weighted by molar-refractivity contribution is 0.0240. The number of amides is 2. The predicted octanol–water partition coefficient (Wildman–Crippen LogP) is 2.34. The fraction of sp³-hybridized carbons (Fsp3) is 0.409. The Morgan fingerprint density at radius 3 is 2.97 bits per heavy atom.